The van der Waals surface area contributed by atoms with Gasteiger partial charge in [0.15, 0.2) is 34.6 Å². The van der Waals surface area contributed by atoms with Gasteiger partial charge in [0.05, 0.1) is 58.4 Å². The Kier molecular flexibility index (Phi) is 5.06. The van der Waals surface area contributed by atoms with Gasteiger partial charge in [-0.25, -0.2) is 0 Å². The molecule has 1 aliphatic carbocycles. The molecule has 1 N–H and O–H groups in total. The van der Waals surface area contributed by atoms with E-state index in [2.05, 4.69) is 57.3 Å². The second-order valence-electron chi connectivity index (χ2n) is 14.0. The largest absolute Gasteiger partial charge is 0.552 e. The van der Waals surface area contributed by atoms with Crippen molar-refractivity contribution in [2.24, 2.45) is 29.6 Å². The smallest absolute Gasteiger partial charge is 0.481 e. The predicted octanol–water partition coefficient (Wildman–Crippen LogP) is 2.59. The normalized spacial score (nSPS) is 29.9. The summed E-state index contributed by atoms with van der Waals surface area (Å²) in [5.41, 5.74) is 9.45. The molecule has 0 radical (unpaired) electrons. The number of esters is 1. The Balaban J connectivity index is 1.56. The molecule has 0 saturated carbocycles. The molecule has 2 aromatic rings. The van der Waals surface area contributed by atoms with Gasteiger partial charge >= 0.3 is 17.8 Å². The van der Waals surface area contributed by atoms with E-state index in [1.165, 1.54) is 12.8 Å². The summed E-state index contributed by atoms with van der Waals surface area (Å²) in [6, 6.07) is 0. The molecule has 10 heteroatoms. The molecule has 1 spiro atoms. The zero-order chi connectivity index (χ0) is 32.5. The maximum atomic E-state index is 14.5. The Labute approximate surface area is 265 Å². The minimum absolute atomic E-state index is 0.00588. The van der Waals surface area contributed by atoms with Gasteiger partial charge in [-0.15, -0.1) is 0 Å². The van der Waals surface area contributed by atoms with Crippen LogP contribution < -0.4 is 10.7 Å². The zero-order valence-electron chi connectivity index (χ0n) is 27.0. The van der Waals surface area contributed by atoms with Gasteiger partial charge in [-0.1, -0.05) is 29.9 Å². The Hall–Kier alpha value is -4.60. The van der Waals surface area contributed by atoms with E-state index in [1.54, 1.807) is 6.92 Å². The van der Waals surface area contributed by atoms with Crippen LogP contribution in [0.3, 0.4) is 0 Å². The third kappa shape index (κ3) is 2.64. The second kappa shape index (κ2) is 8.40. The highest BCUT2D eigenvalue weighted by molar-refractivity contribution is 6.34. The summed E-state index contributed by atoms with van der Waals surface area (Å²) in [7, 11) is 1.31. The average Bonchev–Trinajstić information content (AvgIpc) is 3.74. The summed E-state index contributed by atoms with van der Waals surface area (Å²) >= 11 is 0. The van der Waals surface area contributed by atoms with Gasteiger partial charge in [-0.05, 0) is 44.7 Å². The number of nitrogens with zero attached hydrogens (tertiary/aromatic N) is 4. The van der Waals surface area contributed by atoms with Crippen molar-refractivity contribution in [3.05, 3.63) is 55.7 Å². The number of hydrogen-bond acceptors (Lipinski definition) is 5. The quantitative estimate of drug-likeness (QED) is 0.230. The molecule has 10 nitrogen and oxygen atoms in total. The van der Waals surface area contributed by atoms with E-state index < -0.39 is 23.8 Å². The van der Waals surface area contributed by atoms with Gasteiger partial charge in [-0.2, -0.15) is 9.13 Å². The number of carbonyl (C=O) groups excluding carboxylic acids is 3. The summed E-state index contributed by atoms with van der Waals surface area (Å²) in [5.74, 6) is -4.01. The van der Waals surface area contributed by atoms with Crippen LogP contribution in [-0.2, 0) is 20.2 Å². The van der Waals surface area contributed by atoms with Gasteiger partial charge in [0.25, 0.3) is 0 Å². The molecule has 46 heavy (non-hydrogen) atoms. The highest BCUT2D eigenvalue weighted by Gasteiger charge is 2.77. The monoisotopic (exact) mass is 620 g/mol. The van der Waals surface area contributed by atoms with Gasteiger partial charge in [-0.3, -0.25) is 19.2 Å². The summed E-state index contributed by atoms with van der Waals surface area (Å²) in [6.45, 7) is 12.2. The maximum absolute atomic E-state index is 14.5. The van der Waals surface area contributed by atoms with E-state index in [0.29, 0.717) is 28.5 Å². The highest BCUT2D eigenvalue weighted by atomic mass is 16.5. The molecule has 1 unspecified atom stereocenters. The van der Waals surface area contributed by atoms with Crippen molar-refractivity contribution in [3.63, 3.8) is 0 Å². The van der Waals surface area contributed by atoms with E-state index in [4.69, 9.17) is 4.74 Å². The van der Waals surface area contributed by atoms with E-state index in [1.807, 2.05) is 13.8 Å². The number of carbonyl (C=O) groups is 4. The van der Waals surface area contributed by atoms with E-state index in [0.717, 1.165) is 51.4 Å². The molecule has 6 atom stereocenters. The van der Waals surface area contributed by atoms with Gasteiger partial charge in [0.1, 0.15) is 0 Å². The zero-order valence-corrected chi connectivity index (χ0v) is 27.0. The van der Waals surface area contributed by atoms with Gasteiger partial charge < -0.3 is 9.84 Å². The molecule has 234 valence electrons. The number of Topliss-reactive ketones (excluding diaryl/α,β-unsaturated/α-hetero) is 2. The number of aromatic nitrogens is 2. The number of ether oxygens (including phenoxy) is 1. The number of carboxylic acids is 1. The number of methoxy groups -OCH3 is 1. The first kappa shape index (κ1) is 27.7. The van der Waals surface area contributed by atoms with Gasteiger partial charge in [0.2, 0.25) is 5.71 Å². The van der Waals surface area contributed by atoms with Crippen LogP contribution in [0.15, 0.2) is 11.4 Å². The number of allylic oxidation sites excluding steroid dienone is 2. The molecule has 0 saturated heterocycles. The summed E-state index contributed by atoms with van der Waals surface area (Å²) in [4.78, 5) is 53.5. The molecular weight excluding hydrogens is 584 g/mol. The van der Waals surface area contributed by atoms with Crippen LogP contribution in [0, 0.1) is 43.4 Å². The lowest BCUT2D eigenvalue weighted by molar-refractivity contribution is -0.837. The Bertz CT molecular complexity index is 2250. The fraction of sp³-hybridized carbons (Fsp3) is 0.444. The van der Waals surface area contributed by atoms with Crippen molar-refractivity contribution >= 4 is 58.7 Å². The summed E-state index contributed by atoms with van der Waals surface area (Å²) in [6.07, 6.45) is 7.79. The first-order valence-corrected chi connectivity index (χ1v) is 16.3. The van der Waals surface area contributed by atoms with Crippen LogP contribution in [0.1, 0.15) is 90.2 Å². The van der Waals surface area contributed by atoms with Crippen molar-refractivity contribution in [2.45, 2.75) is 66.7 Å². The fourth-order valence-corrected chi connectivity index (χ4v) is 10.3. The summed E-state index contributed by atoms with van der Waals surface area (Å²) in [5, 5.41) is 11.5. The van der Waals surface area contributed by atoms with Crippen LogP contribution in [0.2, 0.25) is 0 Å². The minimum Gasteiger partial charge on any atom is -0.481 e. The Morgan fingerprint density at radius 1 is 0.978 bits per heavy atom. The number of hydrogen-bond donors (Lipinski definition) is 1. The third-order valence-electron chi connectivity index (χ3n) is 12.1. The molecule has 6 aliphatic heterocycles. The van der Waals surface area contributed by atoms with Crippen molar-refractivity contribution in [2.75, 3.05) is 7.11 Å². The molecule has 0 fully saturated rings. The molecule has 0 amide bonds. The van der Waals surface area contributed by atoms with E-state index in [9.17, 15) is 24.3 Å². The Morgan fingerprint density at radius 2 is 1.65 bits per heavy atom. The second-order valence-corrected chi connectivity index (χ2v) is 14.0. The number of carboxylic acid groups (broad SMARTS) is 1. The fourth-order valence-electron chi connectivity index (χ4n) is 10.3. The lowest BCUT2D eigenvalue weighted by atomic mass is 9.81. The number of aliphatic carboxylic acids is 1. The topological polar surface area (TPSA) is 114 Å². The number of fused-ring (bicyclic) bond motifs is 1. The minimum atomic E-state index is -1.14. The molecule has 7 aliphatic rings. The summed E-state index contributed by atoms with van der Waals surface area (Å²) < 4.78 is 14.6. The molecule has 2 aromatic heterocycles. The van der Waals surface area contributed by atoms with E-state index >= 15 is 0 Å². The molecule has 9 rings (SSSR count). The lowest BCUT2D eigenvalue weighted by Gasteiger charge is -2.39. The predicted molar refractivity (Wildman–Crippen MR) is 168 cm³/mol. The first-order chi connectivity index (χ1) is 21.9. The average molecular weight is 621 g/mol. The van der Waals surface area contributed by atoms with Crippen molar-refractivity contribution in [3.8, 4) is 0 Å². The first-order valence-electron chi connectivity index (χ1n) is 16.3. The molecule has 8 heterocycles. The Morgan fingerprint density at radius 3 is 2.30 bits per heavy atom. The SMILES string of the molecule is CC[C@H]1C2=[N+]3C(=Cc4c(C(C)=O)c(C)c5n4[C@]34n3c(c(C)c6c3=C(C3=[N+]4C(=C5)[C@@H](C)[C@@H]3CCC(=O)O)C(C(=O)OC)C6=O)=C2)[C@@H]1C. The van der Waals surface area contributed by atoms with Crippen molar-refractivity contribution in [1.82, 2.24) is 9.13 Å². The van der Waals surface area contributed by atoms with Crippen LogP contribution in [-0.4, -0.2) is 65.4 Å². The highest BCUT2D eigenvalue weighted by Crippen LogP contribution is 2.55. The number of ketones is 2. The van der Waals surface area contributed by atoms with Crippen LogP contribution in [0.25, 0.3) is 23.8 Å². The number of rotatable bonds is 6. The van der Waals surface area contributed by atoms with E-state index in [-0.39, 0.29) is 41.7 Å². The molecule has 0 aromatic carbocycles. The van der Waals surface area contributed by atoms with Crippen molar-refractivity contribution < 1.29 is 38.2 Å². The van der Waals surface area contributed by atoms with Crippen LogP contribution >= 0.6 is 0 Å². The van der Waals surface area contributed by atoms with Crippen LogP contribution in [0.4, 0.5) is 0 Å². The molecule has 0 bridgehead atoms. The van der Waals surface area contributed by atoms with Gasteiger partial charge in [0, 0.05) is 35.8 Å². The lowest BCUT2D eigenvalue weighted by Crippen LogP contribution is -2.70. The standard InChI is InChI=1S/C36H35N4O6/c1-8-19-14(2)21-13-26-28(18(6)41)16(4)23-11-22-15(3)20(9-10-27(42)43)32-30-31(35(45)46-7)34(44)29-17(5)24-12-25(19)37(21)36(38(23)26,39(22)32)40(24)33(29)30/h11-15,19-20,31H,8-10H2,1-7H3/q+1/p+1/t14-,15+,19-,20+,31?,36-/m1/s1. The molecular formula is C36H36N4O6+2. The third-order valence-corrected chi connectivity index (χ3v) is 12.1. The van der Waals surface area contributed by atoms with Crippen molar-refractivity contribution in [1.29, 1.82) is 0 Å². The maximum Gasteiger partial charge on any atom is 0.552 e. The van der Waals surface area contributed by atoms with Crippen LogP contribution in [0.5, 0.6) is 0 Å².